The molecule has 0 aliphatic carbocycles. The lowest BCUT2D eigenvalue weighted by Crippen LogP contribution is -2.13. The quantitative estimate of drug-likeness (QED) is 0.808. The first-order chi connectivity index (χ1) is 7.66. The SMILES string of the molecule is Cn1ccc(C(=O)Nc2cccnc2Cl)n1. The van der Waals surface area contributed by atoms with Crippen LogP contribution in [0.2, 0.25) is 5.15 Å². The summed E-state index contributed by atoms with van der Waals surface area (Å²) >= 11 is 5.81. The van der Waals surface area contributed by atoms with E-state index in [2.05, 4.69) is 15.4 Å². The minimum atomic E-state index is -0.310. The maximum Gasteiger partial charge on any atom is 0.276 e. The number of aromatic nitrogens is 3. The normalized spacial score (nSPS) is 10.1. The van der Waals surface area contributed by atoms with Crippen LogP contribution in [-0.4, -0.2) is 20.7 Å². The van der Waals surface area contributed by atoms with Gasteiger partial charge < -0.3 is 5.32 Å². The van der Waals surface area contributed by atoms with Crippen LogP contribution >= 0.6 is 11.6 Å². The lowest BCUT2D eigenvalue weighted by atomic mass is 10.3. The van der Waals surface area contributed by atoms with Gasteiger partial charge in [-0.05, 0) is 18.2 Å². The fourth-order valence-electron chi connectivity index (χ4n) is 1.20. The number of hydrogen-bond acceptors (Lipinski definition) is 3. The van der Waals surface area contributed by atoms with Gasteiger partial charge in [0.05, 0.1) is 5.69 Å². The van der Waals surface area contributed by atoms with Gasteiger partial charge in [0.1, 0.15) is 0 Å². The largest absolute Gasteiger partial charge is 0.318 e. The van der Waals surface area contributed by atoms with Gasteiger partial charge in [0.25, 0.3) is 5.91 Å². The first-order valence-electron chi connectivity index (χ1n) is 4.58. The zero-order valence-electron chi connectivity index (χ0n) is 8.51. The summed E-state index contributed by atoms with van der Waals surface area (Å²) in [5.41, 5.74) is 0.808. The highest BCUT2D eigenvalue weighted by Crippen LogP contribution is 2.17. The van der Waals surface area contributed by atoms with Crippen LogP contribution in [0.25, 0.3) is 0 Å². The van der Waals surface area contributed by atoms with E-state index < -0.39 is 0 Å². The van der Waals surface area contributed by atoms with Crippen LogP contribution in [0, 0.1) is 0 Å². The van der Waals surface area contributed by atoms with Crippen molar-refractivity contribution in [1.29, 1.82) is 0 Å². The molecule has 2 heterocycles. The number of hydrogen-bond donors (Lipinski definition) is 1. The smallest absolute Gasteiger partial charge is 0.276 e. The average molecular weight is 237 g/mol. The highest BCUT2D eigenvalue weighted by Gasteiger charge is 2.10. The molecule has 0 spiro atoms. The number of rotatable bonds is 2. The fourth-order valence-corrected chi connectivity index (χ4v) is 1.37. The molecule has 2 aromatic rings. The number of pyridine rings is 1. The topological polar surface area (TPSA) is 59.8 Å². The van der Waals surface area contributed by atoms with E-state index in [-0.39, 0.29) is 11.1 Å². The van der Waals surface area contributed by atoms with E-state index in [4.69, 9.17) is 11.6 Å². The molecule has 82 valence electrons. The molecule has 0 fully saturated rings. The van der Waals surface area contributed by atoms with Crippen LogP contribution in [0.3, 0.4) is 0 Å². The van der Waals surface area contributed by atoms with Gasteiger partial charge in [0.2, 0.25) is 0 Å². The minimum absolute atomic E-state index is 0.256. The molecule has 0 saturated heterocycles. The zero-order chi connectivity index (χ0) is 11.5. The second-order valence-corrected chi connectivity index (χ2v) is 3.53. The van der Waals surface area contributed by atoms with Gasteiger partial charge in [-0.1, -0.05) is 11.6 Å². The Bertz CT molecular complexity index is 523. The molecule has 0 aliphatic heterocycles. The van der Waals surface area contributed by atoms with Crippen molar-refractivity contribution in [2.45, 2.75) is 0 Å². The van der Waals surface area contributed by atoms with E-state index >= 15 is 0 Å². The standard InChI is InChI=1S/C10H9ClN4O/c1-15-6-4-8(14-15)10(16)13-7-3-2-5-12-9(7)11/h2-6H,1H3,(H,13,16). The number of carbonyl (C=O) groups excluding carboxylic acids is 1. The van der Waals surface area contributed by atoms with Crippen LogP contribution in [-0.2, 0) is 7.05 Å². The molecule has 6 heteroatoms. The second-order valence-electron chi connectivity index (χ2n) is 3.17. The Kier molecular flexibility index (Phi) is 2.87. The first-order valence-corrected chi connectivity index (χ1v) is 4.96. The van der Waals surface area contributed by atoms with Crippen LogP contribution in [0.15, 0.2) is 30.6 Å². The van der Waals surface area contributed by atoms with E-state index in [1.807, 2.05) is 0 Å². The van der Waals surface area contributed by atoms with Crippen molar-refractivity contribution in [2.75, 3.05) is 5.32 Å². The number of anilines is 1. The molecule has 0 atom stereocenters. The third-order valence-electron chi connectivity index (χ3n) is 1.95. The van der Waals surface area contributed by atoms with Gasteiger partial charge in [-0.3, -0.25) is 9.48 Å². The first kappa shape index (κ1) is 10.6. The third kappa shape index (κ3) is 2.20. The van der Waals surface area contributed by atoms with Gasteiger partial charge in [0.15, 0.2) is 10.8 Å². The van der Waals surface area contributed by atoms with E-state index in [0.29, 0.717) is 11.4 Å². The molecule has 1 N–H and O–H groups in total. The van der Waals surface area contributed by atoms with Crippen LogP contribution in [0.4, 0.5) is 5.69 Å². The fraction of sp³-hybridized carbons (Fsp3) is 0.100. The van der Waals surface area contributed by atoms with Crippen molar-refractivity contribution in [3.05, 3.63) is 41.4 Å². The lowest BCUT2D eigenvalue weighted by molar-refractivity contribution is 0.102. The summed E-state index contributed by atoms with van der Waals surface area (Å²) < 4.78 is 1.56. The van der Waals surface area contributed by atoms with Crippen molar-refractivity contribution in [3.8, 4) is 0 Å². The molecular weight excluding hydrogens is 228 g/mol. The molecular formula is C10H9ClN4O. The summed E-state index contributed by atoms with van der Waals surface area (Å²) in [6.07, 6.45) is 3.25. The number of amides is 1. The highest BCUT2D eigenvalue weighted by molar-refractivity contribution is 6.32. The molecule has 0 bridgehead atoms. The third-order valence-corrected chi connectivity index (χ3v) is 2.25. The number of nitrogens with zero attached hydrogens (tertiary/aromatic N) is 3. The van der Waals surface area contributed by atoms with Crippen molar-refractivity contribution >= 4 is 23.2 Å². The summed E-state index contributed by atoms with van der Waals surface area (Å²) in [4.78, 5) is 15.6. The Balaban J connectivity index is 2.17. The van der Waals surface area contributed by atoms with Gasteiger partial charge in [-0.15, -0.1) is 0 Å². The molecule has 0 aromatic carbocycles. The predicted molar refractivity (Wildman–Crippen MR) is 60.4 cm³/mol. The van der Waals surface area contributed by atoms with Gasteiger partial charge in [0, 0.05) is 19.4 Å². The summed E-state index contributed by atoms with van der Waals surface area (Å²) in [7, 11) is 1.74. The molecule has 2 rings (SSSR count). The Morgan fingerprint density at radius 1 is 1.50 bits per heavy atom. The Morgan fingerprint density at radius 3 is 2.94 bits per heavy atom. The Hall–Kier alpha value is -1.88. The maximum atomic E-state index is 11.7. The van der Waals surface area contributed by atoms with E-state index in [1.165, 1.54) is 0 Å². The molecule has 0 unspecified atom stereocenters. The summed E-state index contributed by atoms with van der Waals surface area (Å²) in [6.45, 7) is 0. The van der Waals surface area contributed by atoms with Gasteiger partial charge >= 0.3 is 0 Å². The summed E-state index contributed by atoms with van der Waals surface area (Å²) in [5.74, 6) is -0.310. The summed E-state index contributed by atoms with van der Waals surface area (Å²) in [5, 5.41) is 6.86. The van der Waals surface area contributed by atoms with Gasteiger partial charge in [-0.25, -0.2) is 4.98 Å². The second kappa shape index (κ2) is 4.32. The number of aryl methyl sites for hydroxylation is 1. The Morgan fingerprint density at radius 2 is 2.31 bits per heavy atom. The highest BCUT2D eigenvalue weighted by atomic mass is 35.5. The van der Waals surface area contributed by atoms with Crippen molar-refractivity contribution in [3.63, 3.8) is 0 Å². The molecule has 0 radical (unpaired) electrons. The van der Waals surface area contributed by atoms with E-state index in [0.717, 1.165) is 0 Å². The maximum absolute atomic E-state index is 11.7. The molecule has 5 nitrogen and oxygen atoms in total. The van der Waals surface area contributed by atoms with Crippen LogP contribution in [0.1, 0.15) is 10.5 Å². The number of halogens is 1. The van der Waals surface area contributed by atoms with Crippen LogP contribution < -0.4 is 5.32 Å². The van der Waals surface area contributed by atoms with Crippen molar-refractivity contribution < 1.29 is 4.79 Å². The predicted octanol–water partition coefficient (Wildman–Crippen LogP) is 1.72. The molecule has 0 aliphatic rings. The molecule has 16 heavy (non-hydrogen) atoms. The van der Waals surface area contributed by atoms with E-state index in [9.17, 15) is 4.79 Å². The lowest BCUT2D eigenvalue weighted by Gasteiger charge is -2.03. The average Bonchev–Trinajstić information content (AvgIpc) is 2.68. The van der Waals surface area contributed by atoms with Crippen molar-refractivity contribution in [2.24, 2.45) is 7.05 Å². The molecule has 1 amide bonds. The summed E-state index contributed by atoms with van der Waals surface area (Å²) in [6, 6.07) is 5.00. The van der Waals surface area contributed by atoms with Crippen LogP contribution in [0.5, 0.6) is 0 Å². The zero-order valence-corrected chi connectivity index (χ0v) is 9.27. The molecule has 0 saturated carbocycles. The van der Waals surface area contributed by atoms with Gasteiger partial charge in [-0.2, -0.15) is 5.10 Å². The monoisotopic (exact) mass is 236 g/mol. The number of carbonyl (C=O) groups is 1. The minimum Gasteiger partial charge on any atom is -0.318 e. The number of nitrogens with one attached hydrogen (secondary N) is 1. The van der Waals surface area contributed by atoms with E-state index in [1.54, 1.807) is 42.3 Å². The Labute approximate surface area is 97.1 Å². The molecule has 2 aromatic heterocycles. The van der Waals surface area contributed by atoms with Crippen molar-refractivity contribution in [1.82, 2.24) is 14.8 Å².